The van der Waals surface area contributed by atoms with Crippen LogP contribution >= 0.6 is 0 Å². The van der Waals surface area contributed by atoms with Gasteiger partial charge < -0.3 is 0 Å². The summed E-state index contributed by atoms with van der Waals surface area (Å²) in [5.41, 5.74) is 1.44. The van der Waals surface area contributed by atoms with Gasteiger partial charge in [0, 0.05) is 0 Å². The zero-order valence-corrected chi connectivity index (χ0v) is 13.2. The second kappa shape index (κ2) is 624. The van der Waals surface area contributed by atoms with Gasteiger partial charge in [-0.3, -0.25) is 0 Å². The van der Waals surface area contributed by atoms with Gasteiger partial charge in [0.05, 0.1) is 0 Å². The van der Waals surface area contributed by atoms with E-state index >= 15 is 0 Å². The third kappa shape index (κ3) is 566. The second-order valence-electron chi connectivity index (χ2n) is 1.60. The average molecular weight is 361 g/mol. The number of hydrogen-bond donors (Lipinski definition) is 0. The summed E-state index contributed by atoms with van der Waals surface area (Å²) in [6.45, 7) is 45.8. The minimum absolute atomic E-state index is 0. The van der Waals surface area contributed by atoms with Crippen molar-refractivity contribution in [2.75, 3.05) is 0 Å². The van der Waals surface area contributed by atoms with Crippen molar-refractivity contribution in [3.8, 4) is 0 Å². The van der Waals surface area contributed by atoms with Gasteiger partial charge in [-0.2, -0.15) is 0 Å². The van der Waals surface area contributed by atoms with Gasteiger partial charge in [0.2, 0.25) is 0 Å². The van der Waals surface area contributed by atoms with Crippen LogP contribution in [0, 0.1) is 0 Å². The van der Waals surface area contributed by atoms with Crippen LogP contribution in [-0.2, 0) is 0 Å². The highest BCUT2D eigenvalue weighted by atomic mass is 14.1. The zero-order chi connectivity index (χ0) is 17.7. The lowest BCUT2D eigenvalue weighted by molar-refractivity contribution is 0.667. The van der Waals surface area contributed by atoms with Gasteiger partial charge in [-0.05, 0) is 19.3 Å². The lowest BCUT2D eigenvalue weighted by Crippen LogP contribution is -1.92. The summed E-state index contributed by atoms with van der Waals surface area (Å²) in [6, 6.07) is 0. The fourth-order valence-corrected chi connectivity index (χ4v) is 0.427. The smallest absolute Gasteiger partial charge is 0.0320 e. The largest absolute Gasteiger partial charge is 0.106 e. The van der Waals surface area contributed by atoms with Crippen LogP contribution in [0.5, 0.6) is 0 Å². The van der Waals surface area contributed by atoms with E-state index in [4.69, 9.17) is 0 Å². The van der Waals surface area contributed by atoms with E-state index in [-0.39, 0.29) is 44.6 Å². The SMILES string of the molecule is C.C.C.C.C.C.C=C.C=C.C=C.C=C.C=C.C=C.C=C.C=C1CCC1. The van der Waals surface area contributed by atoms with Crippen LogP contribution in [0.4, 0.5) is 0 Å². The molecule has 0 radical (unpaired) electrons. The molecule has 25 heavy (non-hydrogen) atoms. The van der Waals surface area contributed by atoms with Gasteiger partial charge in [-0.1, -0.05) is 56.7 Å². The highest BCUT2D eigenvalue weighted by molar-refractivity contribution is 5.01. The molecule has 0 aromatic heterocycles. The Morgan fingerprint density at radius 1 is 0.360 bits per heavy atom. The average Bonchev–Trinajstić information content (AvgIpc) is 2.58. The van der Waals surface area contributed by atoms with Crippen LogP contribution in [0.2, 0.25) is 0 Å². The molecule has 0 aromatic carbocycles. The molecule has 0 nitrogen and oxygen atoms in total. The maximum atomic E-state index is 3.76. The summed E-state index contributed by atoms with van der Waals surface area (Å²) in [6.07, 6.45) is 3.97. The summed E-state index contributed by atoms with van der Waals surface area (Å²) in [4.78, 5) is 0. The first-order valence-corrected chi connectivity index (χ1v) is 5.56. The Morgan fingerprint density at radius 2 is 0.440 bits per heavy atom. The lowest BCUT2D eigenvalue weighted by atomic mass is 9.95. The summed E-state index contributed by atoms with van der Waals surface area (Å²) in [5, 5.41) is 0. The van der Waals surface area contributed by atoms with E-state index in [9.17, 15) is 0 Å². The Balaban J connectivity index is -0.00000000605. The van der Waals surface area contributed by atoms with Crippen molar-refractivity contribution >= 4 is 0 Å². The van der Waals surface area contributed by atoms with Gasteiger partial charge >= 0.3 is 0 Å². The number of allylic oxidation sites excluding steroid dienone is 1. The number of hydrogen-bond acceptors (Lipinski definition) is 0. The van der Waals surface area contributed by atoms with Crippen LogP contribution < -0.4 is 0 Å². The Morgan fingerprint density at radius 3 is 0.440 bits per heavy atom. The summed E-state index contributed by atoms with van der Waals surface area (Å²) in [7, 11) is 0. The molecule has 0 saturated heterocycles. The maximum Gasteiger partial charge on any atom is -0.0320 e. The van der Waals surface area contributed by atoms with Gasteiger partial charge in [-0.15, -0.1) is 92.1 Å². The molecule has 1 saturated carbocycles. The molecule has 1 aliphatic rings. The van der Waals surface area contributed by atoms with Crippen LogP contribution in [0.25, 0.3) is 0 Å². The number of rotatable bonds is 0. The molecule has 0 amide bonds. The molecular weight excluding hydrogens is 300 g/mol. The van der Waals surface area contributed by atoms with Gasteiger partial charge in [0.15, 0.2) is 0 Å². The molecule has 0 aromatic rings. The van der Waals surface area contributed by atoms with E-state index in [0.29, 0.717) is 0 Å². The first-order valence-electron chi connectivity index (χ1n) is 5.56. The monoisotopic (exact) mass is 360 g/mol. The van der Waals surface area contributed by atoms with Crippen molar-refractivity contribution in [1.82, 2.24) is 0 Å². The van der Waals surface area contributed by atoms with Crippen LogP contribution in [0.1, 0.15) is 63.8 Å². The third-order valence-corrected chi connectivity index (χ3v) is 1.06. The second-order valence-corrected chi connectivity index (χ2v) is 1.60. The normalized spacial score (nSPS) is 5.52. The molecule has 0 spiro atoms. The van der Waals surface area contributed by atoms with Gasteiger partial charge in [-0.25, -0.2) is 0 Å². The molecule has 0 aliphatic heterocycles. The molecular formula is C25H60. The fraction of sp³-hybridized carbons (Fsp3) is 0.360. The predicted molar refractivity (Wildman–Crippen MR) is 142 cm³/mol. The molecule has 0 heteroatoms. The van der Waals surface area contributed by atoms with Crippen molar-refractivity contribution in [2.24, 2.45) is 0 Å². The molecule has 0 bridgehead atoms. The third-order valence-electron chi connectivity index (χ3n) is 1.06. The van der Waals surface area contributed by atoms with Crippen LogP contribution in [0.15, 0.2) is 104 Å². The quantitative estimate of drug-likeness (QED) is 0.377. The lowest BCUT2D eigenvalue weighted by Gasteiger charge is -2.11. The Bertz CT molecular complexity index is 98.3. The fourth-order valence-electron chi connectivity index (χ4n) is 0.427. The van der Waals surface area contributed by atoms with E-state index in [2.05, 4.69) is 98.7 Å². The zero-order valence-electron chi connectivity index (χ0n) is 13.2. The summed E-state index contributed by atoms with van der Waals surface area (Å²) in [5.74, 6) is 0. The molecule has 0 unspecified atom stereocenters. The van der Waals surface area contributed by atoms with Crippen molar-refractivity contribution in [3.05, 3.63) is 104 Å². The van der Waals surface area contributed by atoms with E-state index < -0.39 is 0 Å². The van der Waals surface area contributed by atoms with E-state index in [1.54, 1.807) is 0 Å². The Kier molecular flexibility index (Phi) is 2790. The molecule has 160 valence electrons. The highest BCUT2D eigenvalue weighted by Gasteiger charge is 2.02. The standard InChI is InChI=1S/C5H8.7C2H4.6CH4/c1-5-3-2-4-5;7*1-2;;;;;;/h1-4H2;7*1-2H2;6*1H4. The van der Waals surface area contributed by atoms with Gasteiger partial charge in [0.25, 0.3) is 0 Å². The molecule has 1 fully saturated rings. The summed E-state index contributed by atoms with van der Waals surface area (Å²) >= 11 is 0. The van der Waals surface area contributed by atoms with E-state index in [0.717, 1.165) is 0 Å². The minimum atomic E-state index is 0. The Labute approximate surface area is 168 Å². The molecule has 0 N–H and O–H groups in total. The maximum absolute atomic E-state index is 3.76. The van der Waals surface area contributed by atoms with Gasteiger partial charge in [0.1, 0.15) is 0 Å². The summed E-state index contributed by atoms with van der Waals surface area (Å²) < 4.78 is 0. The molecule has 1 rings (SSSR count). The van der Waals surface area contributed by atoms with Crippen molar-refractivity contribution < 1.29 is 0 Å². The van der Waals surface area contributed by atoms with E-state index in [1.165, 1.54) is 24.8 Å². The van der Waals surface area contributed by atoms with Crippen molar-refractivity contribution in [1.29, 1.82) is 0 Å². The first kappa shape index (κ1) is 112. The highest BCUT2D eigenvalue weighted by Crippen LogP contribution is 2.21. The van der Waals surface area contributed by atoms with Crippen LogP contribution in [-0.4, -0.2) is 0 Å². The first-order chi connectivity index (χ1) is 9.39. The Hall–Kier alpha value is -2.08. The van der Waals surface area contributed by atoms with Crippen LogP contribution in [0.3, 0.4) is 0 Å². The van der Waals surface area contributed by atoms with Crippen molar-refractivity contribution in [2.45, 2.75) is 63.8 Å². The van der Waals surface area contributed by atoms with E-state index in [1.807, 2.05) is 0 Å². The topological polar surface area (TPSA) is 0 Å². The molecule has 1 aliphatic carbocycles. The molecule has 0 heterocycles. The van der Waals surface area contributed by atoms with Crippen molar-refractivity contribution in [3.63, 3.8) is 0 Å². The predicted octanol–water partition coefficient (Wildman–Crippen LogP) is 11.2. The minimum Gasteiger partial charge on any atom is -0.106 e. The molecule has 0 atom stereocenters.